The van der Waals surface area contributed by atoms with Crippen LogP contribution in [-0.4, -0.2) is 55.0 Å². The predicted molar refractivity (Wildman–Crippen MR) is 118 cm³/mol. The molecule has 174 valence electrons. The van der Waals surface area contributed by atoms with Crippen molar-refractivity contribution >= 4 is 11.9 Å². The Kier molecular flexibility index (Phi) is 7.47. The van der Waals surface area contributed by atoms with Gasteiger partial charge in [0.05, 0.1) is 32.1 Å². The average Bonchev–Trinajstić information content (AvgIpc) is 2.69. The first kappa shape index (κ1) is 24.1. The summed E-state index contributed by atoms with van der Waals surface area (Å²) in [6.07, 6.45) is 2.09. The van der Waals surface area contributed by atoms with Crippen molar-refractivity contribution < 1.29 is 23.0 Å². The second-order valence-electron chi connectivity index (χ2n) is 9.19. The third kappa shape index (κ3) is 6.71. The third-order valence-corrected chi connectivity index (χ3v) is 4.90. The minimum atomic E-state index is -2.59. The summed E-state index contributed by atoms with van der Waals surface area (Å²) in [5, 5.41) is 3.80. The maximum absolute atomic E-state index is 13.0. The van der Waals surface area contributed by atoms with Crippen molar-refractivity contribution in [3.63, 3.8) is 0 Å². The Bertz CT molecular complexity index is 917. The number of alkyl halides is 2. The van der Waals surface area contributed by atoms with Crippen molar-refractivity contribution in [1.82, 2.24) is 4.98 Å². The van der Waals surface area contributed by atoms with Gasteiger partial charge < -0.3 is 20.1 Å². The molecule has 0 unspecified atom stereocenters. The first-order valence-corrected chi connectivity index (χ1v) is 10.6. The maximum atomic E-state index is 13.0. The maximum Gasteiger partial charge on any atom is 0.250 e. The van der Waals surface area contributed by atoms with Gasteiger partial charge in [-0.15, -0.1) is 0 Å². The van der Waals surface area contributed by atoms with Crippen molar-refractivity contribution in [2.75, 3.05) is 19.8 Å². The highest BCUT2D eigenvalue weighted by Gasteiger charge is 2.44. The summed E-state index contributed by atoms with van der Waals surface area (Å²) in [4.78, 5) is 8.74. The lowest BCUT2D eigenvalue weighted by Crippen LogP contribution is -2.39. The van der Waals surface area contributed by atoms with Gasteiger partial charge in [0, 0.05) is 35.9 Å². The fourth-order valence-electron chi connectivity index (χ4n) is 3.21. The Morgan fingerprint density at radius 1 is 1.34 bits per heavy atom. The van der Waals surface area contributed by atoms with E-state index in [1.54, 1.807) is 12.3 Å². The van der Waals surface area contributed by atoms with E-state index in [0.29, 0.717) is 42.5 Å². The van der Waals surface area contributed by atoms with Gasteiger partial charge in [-0.3, -0.25) is 4.99 Å². The van der Waals surface area contributed by atoms with Gasteiger partial charge >= 0.3 is 0 Å². The van der Waals surface area contributed by atoms with Crippen molar-refractivity contribution in [2.45, 2.75) is 58.9 Å². The normalized spacial score (nSPS) is 21.3. The first-order valence-electron chi connectivity index (χ1n) is 10.6. The summed E-state index contributed by atoms with van der Waals surface area (Å²) >= 11 is 0. The zero-order valence-electron chi connectivity index (χ0n) is 18.9. The average molecular weight is 449 g/mol. The molecule has 0 amide bonds. The molecule has 2 heterocycles. The van der Waals surface area contributed by atoms with Crippen molar-refractivity contribution in [3.05, 3.63) is 23.5 Å². The summed E-state index contributed by atoms with van der Waals surface area (Å²) in [6.45, 7) is 9.40. The van der Waals surface area contributed by atoms with Gasteiger partial charge in [-0.05, 0) is 19.9 Å². The number of aromatic nitrogens is 1. The summed E-state index contributed by atoms with van der Waals surface area (Å²) in [5.41, 5.74) is 1.30. The van der Waals surface area contributed by atoms with Crippen LogP contribution in [0.5, 0.6) is 5.75 Å². The van der Waals surface area contributed by atoms with Crippen molar-refractivity contribution in [1.29, 1.82) is 0 Å². The van der Waals surface area contributed by atoms with E-state index in [-0.39, 0.29) is 30.3 Å². The van der Waals surface area contributed by atoms with E-state index in [1.807, 2.05) is 13.8 Å². The first-order chi connectivity index (χ1) is 15.1. The Balaban J connectivity index is 1.70. The molecular formula is C23H30F2N4O3. The molecule has 1 aromatic heterocycles. The van der Waals surface area contributed by atoms with Crippen LogP contribution >= 0.6 is 0 Å². The van der Waals surface area contributed by atoms with Crippen LogP contribution in [0, 0.1) is 23.2 Å². The molecule has 0 radical (unpaired) electrons. The topological polar surface area (TPSA) is 91.3 Å². The molecule has 0 atom stereocenters. The molecule has 1 aliphatic heterocycles. The van der Waals surface area contributed by atoms with E-state index in [4.69, 9.17) is 20.1 Å². The van der Waals surface area contributed by atoms with Gasteiger partial charge in [-0.1, -0.05) is 25.7 Å². The van der Waals surface area contributed by atoms with Gasteiger partial charge in [0.1, 0.15) is 17.2 Å². The second-order valence-corrected chi connectivity index (χ2v) is 9.19. The molecule has 9 heteroatoms. The Morgan fingerprint density at radius 2 is 2.03 bits per heavy atom. The standard InChI is InChI=1S/C23H30F2N4O3/c1-15(2)32-19-7-16(5-6-17-8-23(24,25)9-17)10-28-21(19)18(29-26)11-27-12-20-30-13-22(3,4)14-31-20/h7,10-11,15,17,20H,8-9,12-14,26H2,1-4H3/b27-11?,29-18+. The molecule has 1 saturated carbocycles. The van der Waals surface area contributed by atoms with E-state index in [2.05, 4.69) is 40.8 Å². The number of pyridine rings is 1. The van der Waals surface area contributed by atoms with Crippen LogP contribution in [0.2, 0.25) is 0 Å². The summed E-state index contributed by atoms with van der Waals surface area (Å²) < 4.78 is 43.2. The Labute approximate surface area is 187 Å². The van der Waals surface area contributed by atoms with Gasteiger partial charge in [0.15, 0.2) is 6.29 Å². The molecule has 2 fully saturated rings. The number of nitrogens with two attached hydrogens (primary N) is 1. The molecule has 2 aliphatic rings. The van der Waals surface area contributed by atoms with Crippen molar-refractivity contribution in [3.8, 4) is 17.6 Å². The van der Waals surface area contributed by atoms with E-state index in [0.717, 1.165) is 0 Å². The lowest BCUT2D eigenvalue weighted by molar-refractivity contribution is -0.215. The quantitative estimate of drug-likeness (QED) is 0.312. The number of aliphatic imine (C=N–C) groups is 1. The van der Waals surface area contributed by atoms with E-state index < -0.39 is 12.2 Å². The van der Waals surface area contributed by atoms with Gasteiger partial charge in [-0.2, -0.15) is 5.10 Å². The molecule has 0 aromatic carbocycles. The lowest BCUT2D eigenvalue weighted by Gasteiger charge is -2.33. The van der Waals surface area contributed by atoms with E-state index in [1.165, 1.54) is 6.21 Å². The second kappa shape index (κ2) is 9.92. The van der Waals surface area contributed by atoms with Gasteiger partial charge in [-0.25, -0.2) is 13.8 Å². The zero-order valence-corrected chi connectivity index (χ0v) is 18.9. The number of rotatable bonds is 6. The number of halogens is 2. The van der Waals surface area contributed by atoms with Crippen LogP contribution < -0.4 is 10.6 Å². The molecule has 2 N–H and O–H groups in total. The highest BCUT2D eigenvalue weighted by Crippen LogP contribution is 2.41. The van der Waals surface area contributed by atoms with Gasteiger partial charge in [0.2, 0.25) is 0 Å². The summed E-state index contributed by atoms with van der Waals surface area (Å²) in [7, 11) is 0. The summed E-state index contributed by atoms with van der Waals surface area (Å²) in [6, 6.07) is 1.71. The van der Waals surface area contributed by atoms with Crippen LogP contribution in [0.4, 0.5) is 8.78 Å². The van der Waals surface area contributed by atoms with Gasteiger partial charge in [0.25, 0.3) is 5.92 Å². The Morgan fingerprint density at radius 3 is 2.62 bits per heavy atom. The fourth-order valence-corrected chi connectivity index (χ4v) is 3.21. The van der Waals surface area contributed by atoms with Crippen LogP contribution in [0.1, 0.15) is 51.8 Å². The van der Waals surface area contributed by atoms with Crippen LogP contribution in [-0.2, 0) is 9.47 Å². The largest absolute Gasteiger partial charge is 0.489 e. The smallest absolute Gasteiger partial charge is 0.250 e. The third-order valence-electron chi connectivity index (χ3n) is 4.90. The molecule has 7 nitrogen and oxygen atoms in total. The molecule has 1 aromatic rings. The lowest BCUT2D eigenvalue weighted by atomic mass is 9.82. The molecule has 0 bridgehead atoms. The number of hydrogen-bond donors (Lipinski definition) is 1. The van der Waals surface area contributed by atoms with Crippen molar-refractivity contribution in [2.24, 2.45) is 27.3 Å². The number of hydrogen-bond acceptors (Lipinski definition) is 7. The molecule has 32 heavy (non-hydrogen) atoms. The molecule has 0 spiro atoms. The molecule has 1 saturated heterocycles. The number of ether oxygens (including phenoxy) is 3. The SMILES string of the molecule is CC(C)Oc1cc(C#CC2CC(F)(F)C2)cnc1/C(C=NCC1OCC(C)(C)CO1)=N/N. The fraction of sp³-hybridized carbons (Fsp3) is 0.609. The van der Waals surface area contributed by atoms with Crippen LogP contribution in [0.3, 0.4) is 0 Å². The minimum absolute atomic E-state index is 0.0127. The monoisotopic (exact) mass is 448 g/mol. The highest BCUT2D eigenvalue weighted by atomic mass is 19.3. The van der Waals surface area contributed by atoms with E-state index in [9.17, 15) is 8.78 Å². The minimum Gasteiger partial charge on any atom is -0.489 e. The van der Waals surface area contributed by atoms with E-state index >= 15 is 0 Å². The number of hydrazone groups is 1. The predicted octanol–water partition coefficient (Wildman–Crippen LogP) is 3.40. The highest BCUT2D eigenvalue weighted by molar-refractivity contribution is 6.38. The van der Waals surface area contributed by atoms with Crippen LogP contribution in [0.25, 0.3) is 0 Å². The van der Waals surface area contributed by atoms with Crippen LogP contribution in [0.15, 0.2) is 22.4 Å². The zero-order chi connectivity index (χ0) is 23.4. The molecule has 3 rings (SSSR count). The number of nitrogens with zero attached hydrogens (tertiary/aromatic N) is 3. The molecular weight excluding hydrogens is 418 g/mol. The molecule has 1 aliphatic carbocycles. The Hall–Kier alpha value is -2.57. The summed E-state index contributed by atoms with van der Waals surface area (Å²) in [5.74, 6) is 8.91.